The summed E-state index contributed by atoms with van der Waals surface area (Å²) < 4.78 is 47.6. The molecule has 0 saturated carbocycles. The van der Waals surface area contributed by atoms with Crippen LogP contribution in [-0.2, 0) is 14.8 Å². The molecule has 0 bridgehead atoms. The van der Waals surface area contributed by atoms with Gasteiger partial charge in [-0.2, -0.15) is 4.31 Å². The highest BCUT2D eigenvalue weighted by atomic mass is 32.2. The Bertz CT molecular complexity index is 1270. The van der Waals surface area contributed by atoms with Gasteiger partial charge in [0.25, 0.3) is 0 Å². The molecule has 0 radical (unpaired) electrons. The van der Waals surface area contributed by atoms with E-state index in [2.05, 4.69) is 30.2 Å². The maximum Gasteiger partial charge on any atom is 0.243 e. The van der Waals surface area contributed by atoms with Gasteiger partial charge in [0.05, 0.1) is 23.0 Å². The first-order valence-electron chi connectivity index (χ1n) is 11.7. The summed E-state index contributed by atoms with van der Waals surface area (Å²) in [5.41, 5.74) is 1.11. The van der Waals surface area contributed by atoms with Crippen molar-refractivity contribution in [2.24, 2.45) is 0 Å². The van der Waals surface area contributed by atoms with Gasteiger partial charge in [0.2, 0.25) is 16.0 Å². The number of anilines is 2. The Morgan fingerprint density at radius 1 is 1.09 bits per heavy atom. The lowest BCUT2D eigenvalue weighted by molar-refractivity contribution is 0.00998. The third kappa shape index (κ3) is 5.20. The summed E-state index contributed by atoms with van der Waals surface area (Å²) in [5, 5.41) is 3.01. The summed E-state index contributed by atoms with van der Waals surface area (Å²) in [5.74, 6) is 0.259. The van der Waals surface area contributed by atoms with E-state index in [1.807, 2.05) is 7.05 Å². The molecule has 1 unspecified atom stereocenters. The molecule has 4 heterocycles. The van der Waals surface area contributed by atoms with E-state index in [-0.39, 0.29) is 22.6 Å². The fourth-order valence-corrected chi connectivity index (χ4v) is 5.63. The number of imidazole rings is 1. The van der Waals surface area contributed by atoms with Crippen LogP contribution in [0.5, 0.6) is 0 Å². The van der Waals surface area contributed by atoms with Gasteiger partial charge in [0.1, 0.15) is 17.6 Å². The van der Waals surface area contributed by atoms with Crippen LogP contribution >= 0.6 is 0 Å². The number of aromatic nitrogens is 4. The van der Waals surface area contributed by atoms with Crippen LogP contribution in [0.25, 0.3) is 11.4 Å². The predicted molar refractivity (Wildman–Crippen MR) is 128 cm³/mol. The molecule has 0 spiro atoms. The van der Waals surface area contributed by atoms with Crippen molar-refractivity contribution in [1.82, 2.24) is 29.1 Å². The van der Waals surface area contributed by atoms with Crippen LogP contribution in [0.4, 0.5) is 16.0 Å². The van der Waals surface area contributed by atoms with Crippen LogP contribution in [0.1, 0.15) is 31.2 Å². The molecule has 2 aliphatic rings. The molecule has 10 nitrogen and oxygen atoms in total. The van der Waals surface area contributed by atoms with E-state index in [0.717, 1.165) is 25.5 Å². The Kier molecular flexibility index (Phi) is 6.78. The van der Waals surface area contributed by atoms with Crippen molar-refractivity contribution in [3.8, 4) is 11.4 Å². The van der Waals surface area contributed by atoms with Gasteiger partial charge in [-0.3, -0.25) is 0 Å². The normalized spacial score (nSPS) is 20.1. The Hall–Kier alpha value is -2.93. The highest BCUT2D eigenvalue weighted by molar-refractivity contribution is 7.89. The minimum absolute atomic E-state index is 0.0892. The number of hydrogen-bond acceptors (Lipinski definition) is 8. The molecule has 2 aromatic heterocycles. The molecule has 2 saturated heterocycles. The van der Waals surface area contributed by atoms with Crippen LogP contribution in [0.15, 0.2) is 41.6 Å². The summed E-state index contributed by atoms with van der Waals surface area (Å²) in [6, 6.07) is 6.38. The molecule has 186 valence electrons. The summed E-state index contributed by atoms with van der Waals surface area (Å²) >= 11 is 0. The first kappa shape index (κ1) is 23.8. The highest BCUT2D eigenvalue weighted by Gasteiger charge is 2.27. The first-order chi connectivity index (χ1) is 16.9. The number of hydrogen-bond donors (Lipinski definition) is 2. The van der Waals surface area contributed by atoms with Gasteiger partial charge in [-0.1, -0.05) is 0 Å². The van der Waals surface area contributed by atoms with Crippen molar-refractivity contribution in [2.75, 3.05) is 45.2 Å². The SMILES string of the molecule is CN1CCN(S(=O)(=O)c2ccc(Nc3ncc(F)c(-c4cnc(C5CCCCO5)[nH]4)n3)cc2)CC1. The minimum atomic E-state index is -3.55. The van der Waals surface area contributed by atoms with Crippen molar-refractivity contribution in [2.45, 2.75) is 30.3 Å². The minimum Gasteiger partial charge on any atom is -0.370 e. The first-order valence-corrected chi connectivity index (χ1v) is 13.1. The Morgan fingerprint density at radius 2 is 1.86 bits per heavy atom. The second kappa shape index (κ2) is 9.97. The van der Waals surface area contributed by atoms with E-state index >= 15 is 0 Å². The Morgan fingerprint density at radius 3 is 2.57 bits per heavy atom. The number of ether oxygens (including phenoxy) is 1. The lowest BCUT2D eigenvalue weighted by Gasteiger charge is -2.31. The molecule has 0 aliphatic carbocycles. The van der Waals surface area contributed by atoms with E-state index in [9.17, 15) is 12.8 Å². The number of halogens is 1. The Labute approximate surface area is 203 Å². The lowest BCUT2D eigenvalue weighted by atomic mass is 10.1. The highest BCUT2D eigenvalue weighted by Crippen LogP contribution is 2.28. The van der Waals surface area contributed by atoms with Gasteiger partial charge < -0.3 is 19.9 Å². The molecule has 2 N–H and O–H groups in total. The zero-order chi connectivity index (χ0) is 24.4. The van der Waals surface area contributed by atoms with Gasteiger partial charge in [-0.25, -0.2) is 27.8 Å². The number of likely N-dealkylation sites (N-methyl/N-ethyl adjacent to an activating group) is 1. The number of benzene rings is 1. The molecule has 5 rings (SSSR count). The second-order valence-electron chi connectivity index (χ2n) is 8.78. The zero-order valence-corrected chi connectivity index (χ0v) is 20.3. The van der Waals surface area contributed by atoms with Gasteiger partial charge in [-0.05, 0) is 50.6 Å². The summed E-state index contributed by atoms with van der Waals surface area (Å²) in [6.07, 6.45) is 5.47. The molecule has 2 aliphatic heterocycles. The van der Waals surface area contributed by atoms with Gasteiger partial charge in [0.15, 0.2) is 5.82 Å². The van der Waals surface area contributed by atoms with Crippen molar-refractivity contribution < 1.29 is 17.5 Å². The van der Waals surface area contributed by atoms with E-state index in [4.69, 9.17) is 4.74 Å². The van der Waals surface area contributed by atoms with Gasteiger partial charge in [-0.15, -0.1) is 0 Å². The van der Waals surface area contributed by atoms with Crippen LogP contribution in [0.2, 0.25) is 0 Å². The number of rotatable bonds is 6. The van der Waals surface area contributed by atoms with Crippen molar-refractivity contribution >= 4 is 21.7 Å². The fourth-order valence-electron chi connectivity index (χ4n) is 4.21. The number of piperazine rings is 1. The maximum atomic E-state index is 14.5. The number of aromatic amines is 1. The molecule has 2 fully saturated rings. The Balaban J connectivity index is 1.30. The van der Waals surface area contributed by atoms with Gasteiger partial charge >= 0.3 is 0 Å². The standard InChI is InChI=1S/C23H28FN7O3S/c1-30-9-11-31(12-10-30)35(32,33)17-7-5-16(6-8-17)27-23-26-14-18(24)21(29-23)19-15-25-22(28-19)20-4-2-3-13-34-20/h5-8,14-15,20H,2-4,9-13H2,1H3,(H,25,28)(H,26,27,29). The van der Waals surface area contributed by atoms with Crippen LogP contribution < -0.4 is 5.32 Å². The summed E-state index contributed by atoms with van der Waals surface area (Å²) in [6.45, 7) is 3.02. The number of H-pyrrole nitrogens is 1. The van der Waals surface area contributed by atoms with Crippen LogP contribution in [0, 0.1) is 5.82 Å². The maximum absolute atomic E-state index is 14.5. The average molecular weight is 502 g/mol. The number of sulfonamides is 1. The van der Waals surface area contributed by atoms with Crippen molar-refractivity contribution in [3.05, 3.63) is 48.3 Å². The third-order valence-corrected chi connectivity index (χ3v) is 8.20. The molecule has 1 aromatic carbocycles. The second-order valence-corrected chi connectivity index (χ2v) is 10.7. The zero-order valence-electron chi connectivity index (χ0n) is 19.4. The van der Waals surface area contributed by atoms with Crippen LogP contribution in [-0.4, -0.2) is 77.4 Å². The quantitative estimate of drug-likeness (QED) is 0.530. The van der Waals surface area contributed by atoms with Gasteiger partial charge in [0, 0.05) is 38.5 Å². The molecule has 12 heteroatoms. The molecule has 35 heavy (non-hydrogen) atoms. The summed E-state index contributed by atoms with van der Waals surface area (Å²) in [4.78, 5) is 18.1. The lowest BCUT2D eigenvalue weighted by Crippen LogP contribution is -2.46. The largest absolute Gasteiger partial charge is 0.370 e. The molecule has 1 atom stereocenters. The smallest absolute Gasteiger partial charge is 0.243 e. The predicted octanol–water partition coefficient (Wildman–Crippen LogP) is 2.93. The topological polar surface area (TPSA) is 116 Å². The van der Waals surface area contributed by atoms with E-state index in [0.29, 0.717) is 50.0 Å². The van der Waals surface area contributed by atoms with Crippen LogP contribution in [0.3, 0.4) is 0 Å². The van der Waals surface area contributed by atoms with E-state index in [1.54, 1.807) is 30.5 Å². The summed E-state index contributed by atoms with van der Waals surface area (Å²) in [7, 11) is -1.58. The number of nitrogens with zero attached hydrogens (tertiary/aromatic N) is 5. The van der Waals surface area contributed by atoms with Crippen molar-refractivity contribution in [1.29, 1.82) is 0 Å². The van der Waals surface area contributed by atoms with E-state index < -0.39 is 15.8 Å². The molecule has 3 aromatic rings. The molecular formula is C23H28FN7O3S. The van der Waals surface area contributed by atoms with Crippen molar-refractivity contribution in [3.63, 3.8) is 0 Å². The molecule has 0 amide bonds. The monoisotopic (exact) mass is 501 g/mol. The van der Waals surface area contributed by atoms with E-state index in [1.165, 1.54) is 4.31 Å². The average Bonchev–Trinajstić information content (AvgIpc) is 3.37. The third-order valence-electron chi connectivity index (χ3n) is 6.29. The fraction of sp³-hybridized carbons (Fsp3) is 0.435. The number of nitrogens with one attached hydrogen (secondary N) is 2. The molecular weight excluding hydrogens is 473 g/mol.